The summed E-state index contributed by atoms with van der Waals surface area (Å²) in [5.41, 5.74) is 3.36. The molecule has 0 amide bonds. The Labute approximate surface area is 116 Å². The first kappa shape index (κ1) is 13.1. The van der Waals surface area contributed by atoms with Crippen LogP contribution in [-0.2, 0) is 12.8 Å². The fourth-order valence-corrected chi connectivity index (χ4v) is 2.71. The fraction of sp³-hybridized carbons (Fsp3) is 0.250. The Kier molecular flexibility index (Phi) is 3.40. The summed E-state index contributed by atoms with van der Waals surface area (Å²) in [6.07, 6.45) is 0.342. The van der Waals surface area contributed by atoms with Crippen LogP contribution in [0.15, 0.2) is 36.4 Å². The van der Waals surface area contributed by atoms with E-state index in [9.17, 15) is 13.9 Å². The van der Waals surface area contributed by atoms with E-state index in [-0.39, 0.29) is 6.42 Å². The molecule has 2 aromatic rings. The molecule has 2 nitrogen and oxygen atoms in total. The van der Waals surface area contributed by atoms with Crippen LogP contribution in [0.5, 0.6) is 0 Å². The summed E-state index contributed by atoms with van der Waals surface area (Å²) in [6.45, 7) is 0.855. The summed E-state index contributed by atoms with van der Waals surface area (Å²) >= 11 is 0. The lowest BCUT2D eigenvalue weighted by Crippen LogP contribution is -2.06. The molecule has 2 N–H and O–H groups in total. The molecule has 1 atom stereocenters. The molecule has 1 unspecified atom stereocenters. The van der Waals surface area contributed by atoms with Gasteiger partial charge in [-0.15, -0.1) is 0 Å². The molecule has 1 heterocycles. The van der Waals surface area contributed by atoms with Gasteiger partial charge in [0.25, 0.3) is 0 Å². The smallest absolute Gasteiger partial charge is 0.126 e. The van der Waals surface area contributed by atoms with Gasteiger partial charge < -0.3 is 10.4 Å². The van der Waals surface area contributed by atoms with Gasteiger partial charge in [0.1, 0.15) is 11.6 Å². The van der Waals surface area contributed by atoms with Gasteiger partial charge in [0.05, 0.1) is 6.10 Å². The van der Waals surface area contributed by atoms with Crippen LogP contribution < -0.4 is 5.32 Å². The molecular weight excluding hydrogens is 260 g/mol. The van der Waals surface area contributed by atoms with Gasteiger partial charge in [-0.25, -0.2) is 8.78 Å². The standard InChI is InChI=1S/C16H15F2NO/c17-12-6-10(7-13(18)9-12)8-15(20)14-3-1-2-11-4-5-19-16(11)14/h1-3,6-7,9,15,19-20H,4-5,8H2. The highest BCUT2D eigenvalue weighted by molar-refractivity contribution is 5.62. The number of rotatable bonds is 3. The molecule has 0 saturated carbocycles. The van der Waals surface area contributed by atoms with Crippen molar-refractivity contribution < 1.29 is 13.9 Å². The van der Waals surface area contributed by atoms with Gasteiger partial charge >= 0.3 is 0 Å². The lowest BCUT2D eigenvalue weighted by molar-refractivity contribution is 0.179. The average molecular weight is 275 g/mol. The maximum atomic E-state index is 13.2. The summed E-state index contributed by atoms with van der Waals surface area (Å²) in [5, 5.41) is 13.6. The zero-order chi connectivity index (χ0) is 14.1. The van der Waals surface area contributed by atoms with Crippen LogP contribution in [0.1, 0.15) is 22.8 Å². The molecule has 0 aromatic heterocycles. The summed E-state index contributed by atoms with van der Waals surface area (Å²) in [4.78, 5) is 0. The van der Waals surface area contributed by atoms with Crippen molar-refractivity contribution in [3.05, 3.63) is 64.7 Å². The number of hydrogen-bond acceptors (Lipinski definition) is 2. The normalized spacial score (nSPS) is 14.8. The first-order valence-corrected chi connectivity index (χ1v) is 6.62. The van der Waals surface area contributed by atoms with Crippen LogP contribution in [0.25, 0.3) is 0 Å². The lowest BCUT2D eigenvalue weighted by atomic mass is 9.98. The third kappa shape index (κ3) is 2.51. The van der Waals surface area contributed by atoms with Crippen molar-refractivity contribution in [2.45, 2.75) is 18.9 Å². The predicted octanol–water partition coefficient (Wildman–Crippen LogP) is 3.21. The molecule has 0 radical (unpaired) electrons. The van der Waals surface area contributed by atoms with Crippen LogP contribution in [0, 0.1) is 11.6 Å². The lowest BCUT2D eigenvalue weighted by Gasteiger charge is -2.15. The van der Waals surface area contributed by atoms with E-state index in [2.05, 4.69) is 5.32 Å². The van der Waals surface area contributed by atoms with Gasteiger partial charge in [-0.2, -0.15) is 0 Å². The van der Waals surface area contributed by atoms with Crippen LogP contribution in [0.4, 0.5) is 14.5 Å². The molecule has 3 rings (SSSR count). The highest BCUT2D eigenvalue weighted by Gasteiger charge is 2.19. The van der Waals surface area contributed by atoms with Gasteiger partial charge in [-0.1, -0.05) is 18.2 Å². The highest BCUT2D eigenvalue weighted by atomic mass is 19.1. The fourth-order valence-electron chi connectivity index (χ4n) is 2.71. The van der Waals surface area contributed by atoms with E-state index in [0.717, 1.165) is 30.3 Å². The topological polar surface area (TPSA) is 32.3 Å². The molecule has 20 heavy (non-hydrogen) atoms. The van der Waals surface area contributed by atoms with E-state index < -0.39 is 17.7 Å². The number of nitrogens with one attached hydrogen (secondary N) is 1. The van der Waals surface area contributed by atoms with E-state index in [1.54, 1.807) is 0 Å². The Morgan fingerprint density at radius 1 is 1.15 bits per heavy atom. The molecule has 0 bridgehead atoms. The van der Waals surface area contributed by atoms with Gasteiger partial charge in [0, 0.05) is 30.3 Å². The number of benzene rings is 2. The monoisotopic (exact) mass is 275 g/mol. The Hall–Kier alpha value is -1.94. The number of anilines is 1. The first-order valence-electron chi connectivity index (χ1n) is 6.62. The quantitative estimate of drug-likeness (QED) is 0.901. The minimum absolute atomic E-state index is 0.187. The van der Waals surface area contributed by atoms with Crippen LogP contribution >= 0.6 is 0 Å². The zero-order valence-corrected chi connectivity index (χ0v) is 10.9. The Morgan fingerprint density at radius 2 is 1.90 bits per heavy atom. The number of fused-ring (bicyclic) bond motifs is 1. The molecule has 0 aliphatic carbocycles. The summed E-state index contributed by atoms with van der Waals surface area (Å²) in [5.74, 6) is -1.24. The van der Waals surface area contributed by atoms with Crippen molar-refractivity contribution in [1.82, 2.24) is 0 Å². The molecular formula is C16H15F2NO. The van der Waals surface area contributed by atoms with E-state index in [4.69, 9.17) is 0 Å². The second kappa shape index (κ2) is 5.21. The number of aliphatic hydroxyl groups is 1. The third-order valence-corrected chi connectivity index (χ3v) is 3.59. The van der Waals surface area contributed by atoms with E-state index in [1.165, 1.54) is 17.7 Å². The van der Waals surface area contributed by atoms with Crippen LogP contribution in [-0.4, -0.2) is 11.7 Å². The first-order chi connectivity index (χ1) is 9.63. The van der Waals surface area contributed by atoms with Crippen molar-refractivity contribution in [3.63, 3.8) is 0 Å². The summed E-state index contributed by atoms with van der Waals surface area (Å²) < 4.78 is 26.3. The van der Waals surface area contributed by atoms with Crippen LogP contribution in [0.2, 0.25) is 0 Å². The Balaban J connectivity index is 1.86. The highest BCUT2D eigenvalue weighted by Crippen LogP contribution is 2.32. The molecule has 4 heteroatoms. The second-order valence-electron chi connectivity index (χ2n) is 5.06. The molecule has 1 aliphatic rings. The second-order valence-corrected chi connectivity index (χ2v) is 5.06. The average Bonchev–Trinajstić information content (AvgIpc) is 2.85. The van der Waals surface area contributed by atoms with Gasteiger partial charge in [0.2, 0.25) is 0 Å². The molecule has 0 fully saturated rings. The van der Waals surface area contributed by atoms with Crippen molar-refractivity contribution in [2.24, 2.45) is 0 Å². The number of aliphatic hydroxyl groups excluding tert-OH is 1. The molecule has 0 saturated heterocycles. The number of halogens is 2. The van der Waals surface area contributed by atoms with Gasteiger partial charge in [-0.3, -0.25) is 0 Å². The molecule has 104 valence electrons. The third-order valence-electron chi connectivity index (χ3n) is 3.59. The van der Waals surface area contributed by atoms with Crippen molar-refractivity contribution >= 4 is 5.69 Å². The van der Waals surface area contributed by atoms with Gasteiger partial charge in [0.15, 0.2) is 0 Å². The minimum Gasteiger partial charge on any atom is -0.388 e. The molecule has 2 aromatic carbocycles. The van der Waals surface area contributed by atoms with E-state index in [0.29, 0.717) is 5.56 Å². The van der Waals surface area contributed by atoms with Crippen molar-refractivity contribution in [3.8, 4) is 0 Å². The van der Waals surface area contributed by atoms with Crippen molar-refractivity contribution in [2.75, 3.05) is 11.9 Å². The van der Waals surface area contributed by atoms with Crippen molar-refractivity contribution in [1.29, 1.82) is 0 Å². The maximum Gasteiger partial charge on any atom is 0.126 e. The minimum atomic E-state index is -0.781. The number of para-hydroxylation sites is 1. The van der Waals surface area contributed by atoms with Crippen LogP contribution in [0.3, 0.4) is 0 Å². The maximum absolute atomic E-state index is 13.2. The molecule has 0 spiro atoms. The Bertz CT molecular complexity index is 622. The molecule has 1 aliphatic heterocycles. The summed E-state index contributed by atoms with van der Waals surface area (Å²) in [6, 6.07) is 9.10. The zero-order valence-electron chi connectivity index (χ0n) is 10.9. The number of hydrogen-bond donors (Lipinski definition) is 2. The summed E-state index contributed by atoms with van der Waals surface area (Å²) in [7, 11) is 0. The van der Waals surface area contributed by atoms with E-state index >= 15 is 0 Å². The van der Waals surface area contributed by atoms with Gasteiger partial charge in [-0.05, 0) is 29.7 Å². The SMILES string of the molecule is OC(Cc1cc(F)cc(F)c1)c1cccc2c1NCC2. The van der Waals surface area contributed by atoms with E-state index in [1.807, 2.05) is 18.2 Å². The Morgan fingerprint density at radius 3 is 2.65 bits per heavy atom. The largest absolute Gasteiger partial charge is 0.388 e. The predicted molar refractivity (Wildman–Crippen MR) is 73.7 cm³/mol.